The van der Waals surface area contributed by atoms with Gasteiger partial charge in [-0.2, -0.15) is 0 Å². The zero-order chi connectivity index (χ0) is 14.5. The molecule has 0 atom stereocenters. The number of rotatable bonds is 5. The van der Waals surface area contributed by atoms with Crippen LogP contribution in [-0.2, 0) is 16.0 Å². The monoisotopic (exact) mass is 278 g/mol. The molecule has 0 aromatic heterocycles. The van der Waals surface area contributed by atoms with Gasteiger partial charge < -0.3 is 14.6 Å². The van der Waals surface area contributed by atoms with E-state index >= 15 is 0 Å². The van der Waals surface area contributed by atoms with Crippen molar-refractivity contribution in [2.75, 3.05) is 6.61 Å². The van der Waals surface area contributed by atoms with Crippen LogP contribution in [0.4, 0.5) is 13.2 Å². The molecule has 106 valence electrons. The summed E-state index contributed by atoms with van der Waals surface area (Å²) in [6.07, 6.45) is -4.59. The van der Waals surface area contributed by atoms with Gasteiger partial charge in [-0.25, -0.2) is 0 Å². The van der Waals surface area contributed by atoms with Crippen molar-refractivity contribution in [2.24, 2.45) is 0 Å². The Morgan fingerprint density at radius 2 is 2.05 bits per heavy atom. The molecule has 7 heteroatoms. The average molecular weight is 278 g/mol. The molecule has 0 unspecified atom stereocenters. The van der Waals surface area contributed by atoms with Gasteiger partial charge in [0.05, 0.1) is 6.61 Å². The highest BCUT2D eigenvalue weighted by atomic mass is 19.4. The third-order valence-electron chi connectivity index (χ3n) is 2.19. The lowest BCUT2D eigenvalue weighted by atomic mass is 10.1. The first kappa shape index (κ1) is 15.1. The summed E-state index contributed by atoms with van der Waals surface area (Å²) in [6.45, 7) is 1.92. The molecule has 19 heavy (non-hydrogen) atoms. The zero-order valence-corrected chi connectivity index (χ0v) is 10.2. The molecule has 4 nitrogen and oxygen atoms in total. The predicted octanol–water partition coefficient (Wildman–Crippen LogP) is 2.79. The van der Waals surface area contributed by atoms with E-state index in [4.69, 9.17) is 4.74 Å². The highest BCUT2D eigenvalue weighted by Crippen LogP contribution is 2.28. The summed E-state index contributed by atoms with van der Waals surface area (Å²) < 4.78 is 44.2. The Morgan fingerprint density at radius 1 is 1.37 bits per heavy atom. The normalized spacial score (nSPS) is 11.2. The fourth-order valence-electron chi connectivity index (χ4n) is 1.42. The van der Waals surface area contributed by atoms with E-state index in [1.165, 1.54) is 6.07 Å². The number of benzene rings is 1. The Labute approximate surface area is 107 Å². The van der Waals surface area contributed by atoms with Gasteiger partial charge in [0.25, 0.3) is 0 Å². The molecule has 0 aliphatic rings. The summed E-state index contributed by atoms with van der Waals surface area (Å²) in [5.41, 5.74) is 0.350. The zero-order valence-electron chi connectivity index (χ0n) is 10.2. The molecule has 0 radical (unpaired) electrons. The molecule has 0 spiro atoms. The average Bonchev–Trinajstić information content (AvgIpc) is 2.26. The van der Waals surface area contributed by atoms with Gasteiger partial charge >= 0.3 is 12.3 Å². The number of aromatic hydroxyl groups is 1. The molecular formula is C12H13F3O4. The number of carbonyl (C=O) groups excluding carboxylic acids is 1. The van der Waals surface area contributed by atoms with E-state index < -0.39 is 18.1 Å². The number of aryl methyl sites for hydroxylation is 1. The SMILES string of the molecule is CCOC(=O)CCc1ccc(OC(F)(F)F)cc1O. The van der Waals surface area contributed by atoms with Crippen molar-refractivity contribution < 1.29 is 32.5 Å². The number of hydrogen-bond donors (Lipinski definition) is 1. The highest BCUT2D eigenvalue weighted by Gasteiger charge is 2.31. The van der Waals surface area contributed by atoms with E-state index in [0.717, 1.165) is 12.1 Å². The van der Waals surface area contributed by atoms with E-state index in [0.29, 0.717) is 5.56 Å². The van der Waals surface area contributed by atoms with Crippen molar-refractivity contribution in [1.82, 2.24) is 0 Å². The number of carbonyl (C=O) groups is 1. The van der Waals surface area contributed by atoms with Crippen LogP contribution >= 0.6 is 0 Å². The van der Waals surface area contributed by atoms with Crippen LogP contribution in [0.3, 0.4) is 0 Å². The minimum atomic E-state index is -4.81. The number of halogens is 3. The second-order valence-electron chi connectivity index (χ2n) is 3.64. The molecule has 0 heterocycles. The second-order valence-corrected chi connectivity index (χ2v) is 3.64. The molecule has 1 N–H and O–H groups in total. The second kappa shape index (κ2) is 6.31. The predicted molar refractivity (Wildman–Crippen MR) is 59.7 cm³/mol. The number of hydrogen-bond acceptors (Lipinski definition) is 4. The summed E-state index contributed by atoms with van der Waals surface area (Å²) in [6, 6.07) is 3.21. The first-order chi connectivity index (χ1) is 8.81. The van der Waals surface area contributed by atoms with Gasteiger partial charge in [0.2, 0.25) is 0 Å². The maximum Gasteiger partial charge on any atom is 0.573 e. The topological polar surface area (TPSA) is 55.8 Å². The lowest BCUT2D eigenvalue weighted by Gasteiger charge is -2.10. The number of phenols is 1. The molecule has 0 amide bonds. The summed E-state index contributed by atoms with van der Waals surface area (Å²) in [7, 11) is 0. The van der Waals surface area contributed by atoms with Crippen molar-refractivity contribution >= 4 is 5.97 Å². The van der Waals surface area contributed by atoms with E-state index in [1.807, 2.05) is 0 Å². The third kappa shape index (κ3) is 5.50. The van der Waals surface area contributed by atoms with Crippen LogP contribution in [-0.4, -0.2) is 24.0 Å². The van der Waals surface area contributed by atoms with E-state index in [1.54, 1.807) is 6.92 Å². The Bertz CT molecular complexity index is 443. The summed E-state index contributed by atoms with van der Waals surface area (Å²) in [5.74, 6) is -1.30. The van der Waals surface area contributed by atoms with Crippen LogP contribution in [0.25, 0.3) is 0 Å². The van der Waals surface area contributed by atoms with Crippen LogP contribution in [0.5, 0.6) is 11.5 Å². The Balaban J connectivity index is 2.64. The summed E-state index contributed by atoms with van der Waals surface area (Å²) in [5, 5.41) is 9.53. The van der Waals surface area contributed by atoms with Crippen molar-refractivity contribution in [3.63, 3.8) is 0 Å². The molecule has 0 saturated carbocycles. The van der Waals surface area contributed by atoms with Gasteiger partial charge in [0.15, 0.2) is 0 Å². The Morgan fingerprint density at radius 3 is 2.58 bits per heavy atom. The van der Waals surface area contributed by atoms with Crippen LogP contribution in [0.15, 0.2) is 18.2 Å². The summed E-state index contributed by atoms with van der Waals surface area (Å²) in [4.78, 5) is 11.1. The van der Waals surface area contributed by atoms with Crippen LogP contribution in [0, 0.1) is 0 Å². The fraction of sp³-hybridized carbons (Fsp3) is 0.417. The van der Waals surface area contributed by atoms with Gasteiger partial charge in [-0.15, -0.1) is 13.2 Å². The van der Waals surface area contributed by atoms with Crippen LogP contribution in [0.1, 0.15) is 18.9 Å². The number of ether oxygens (including phenoxy) is 2. The maximum atomic E-state index is 11.9. The molecule has 0 saturated heterocycles. The minimum absolute atomic E-state index is 0.0425. The molecule has 0 aliphatic carbocycles. The van der Waals surface area contributed by atoms with Gasteiger partial charge in [0.1, 0.15) is 11.5 Å². The molecular weight excluding hydrogens is 265 g/mol. The van der Waals surface area contributed by atoms with Crippen LogP contribution in [0.2, 0.25) is 0 Å². The smallest absolute Gasteiger partial charge is 0.508 e. The standard InChI is InChI=1S/C12H13F3O4/c1-2-18-11(17)6-4-8-3-5-9(7-10(8)16)19-12(13,14)15/h3,5,7,16H,2,4,6H2,1H3. The molecule has 0 fully saturated rings. The number of alkyl halides is 3. The largest absolute Gasteiger partial charge is 0.573 e. The van der Waals surface area contributed by atoms with Gasteiger partial charge in [-0.05, 0) is 25.0 Å². The fourth-order valence-corrected chi connectivity index (χ4v) is 1.42. The van der Waals surface area contributed by atoms with Crippen molar-refractivity contribution in [2.45, 2.75) is 26.1 Å². The van der Waals surface area contributed by atoms with Crippen molar-refractivity contribution in [1.29, 1.82) is 0 Å². The number of phenolic OH excluding ortho intramolecular Hbond substituents is 1. The molecule has 1 aromatic carbocycles. The number of esters is 1. The van der Waals surface area contributed by atoms with Gasteiger partial charge in [-0.3, -0.25) is 4.79 Å². The maximum absolute atomic E-state index is 11.9. The van der Waals surface area contributed by atoms with E-state index in [-0.39, 0.29) is 25.2 Å². The lowest BCUT2D eigenvalue weighted by Crippen LogP contribution is -2.17. The molecule has 0 bridgehead atoms. The molecule has 1 rings (SSSR count). The molecule has 0 aliphatic heterocycles. The van der Waals surface area contributed by atoms with Crippen molar-refractivity contribution in [3.8, 4) is 11.5 Å². The Hall–Kier alpha value is -1.92. The Kier molecular flexibility index (Phi) is 5.02. The summed E-state index contributed by atoms with van der Waals surface area (Å²) >= 11 is 0. The van der Waals surface area contributed by atoms with Gasteiger partial charge in [0, 0.05) is 12.5 Å². The molecule has 1 aromatic rings. The van der Waals surface area contributed by atoms with E-state index in [9.17, 15) is 23.1 Å². The first-order valence-corrected chi connectivity index (χ1v) is 5.55. The van der Waals surface area contributed by atoms with Crippen molar-refractivity contribution in [3.05, 3.63) is 23.8 Å². The van der Waals surface area contributed by atoms with E-state index in [2.05, 4.69) is 4.74 Å². The van der Waals surface area contributed by atoms with Crippen LogP contribution < -0.4 is 4.74 Å². The van der Waals surface area contributed by atoms with Gasteiger partial charge in [-0.1, -0.05) is 6.07 Å². The minimum Gasteiger partial charge on any atom is -0.508 e. The first-order valence-electron chi connectivity index (χ1n) is 5.55. The lowest BCUT2D eigenvalue weighted by molar-refractivity contribution is -0.274. The highest BCUT2D eigenvalue weighted by molar-refractivity contribution is 5.69. The quantitative estimate of drug-likeness (QED) is 0.841. The third-order valence-corrected chi connectivity index (χ3v) is 2.19.